The third-order valence-electron chi connectivity index (χ3n) is 1.72. The number of rotatable bonds is 4. The van der Waals surface area contributed by atoms with Crippen molar-refractivity contribution in [3.63, 3.8) is 0 Å². The van der Waals surface area contributed by atoms with Crippen molar-refractivity contribution in [1.82, 2.24) is 0 Å². The lowest BCUT2D eigenvalue weighted by Gasteiger charge is -1.94. The fourth-order valence-electron chi connectivity index (χ4n) is 0.845. The zero-order chi connectivity index (χ0) is 11.4. The first kappa shape index (κ1) is 13.7. The van der Waals surface area contributed by atoms with Crippen LogP contribution in [-0.4, -0.2) is 12.4 Å². The minimum absolute atomic E-state index is 0.225. The lowest BCUT2D eigenvalue weighted by Crippen LogP contribution is -1.86. The maximum Gasteiger partial charge on any atom is 0.155 e. The van der Waals surface area contributed by atoms with E-state index in [4.69, 9.17) is 4.74 Å². The van der Waals surface area contributed by atoms with Crippen LogP contribution >= 0.6 is 0 Å². The van der Waals surface area contributed by atoms with Crippen molar-refractivity contribution in [2.75, 3.05) is 6.61 Å². The van der Waals surface area contributed by atoms with Gasteiger partial charge in [-0.3, -0.25) is 4.79 Å². The molecule has 1 heterocycles. The van der Waals surface area contributed by atoms with Crippen LogP contribution in [0.2, 0.25) is 0 Å². The first-order valence-electron chi connectivity index (χ1n) is 5.43. The van der Waals surface area contributed by atoms with E-state index < -0.39 is 0 Å². The van der Waals surface area contributed by atoms with Crippen molar-refractivity contribution < 1.29 is 9.53 Å². The summed E-state index contributed by atoms with van der Waals surface area (Å²) in [5, 5.41) is 0. The average molecular weight is 208 g/mol. The van der Waals surface area contributed by atoms with Crippen LogP contribution in [0.4, 0.5) is 0 Å². The maximum atomic E-state index is 10.6. The van der Waals surface area contributed by atoms with E-state index >= 15 is 0 Å². The van der Waals surface area contributed by atoms with Gasteiger partial charge in [-0.25, -0.2) is 0 Å². The summed E-state index contributed by atoms with van der Waals surface area (Å²) in [5.41, 5.74) is 0. The van der Waals surface area contributed by atoms with Gasteiger partial charge in [0.25, 0.3) is 0 Å². The standard InChI is InChI=1S/C8H14O.C5H6O/c1-3-5-6-7-8(9)4-2;1-2-4-6-5-3-1/h6-7H,3-5H2,1-2H3;1-4H,5H2/b7-6+;. The molecule has 0 fully saturated rings. The van der Waals surface area contributed by atoms with Crippen molar-refractivity contribution in [1.29, 1.82) is 0 Å². The van der Waals surface area contributed by atoms with Gasteiger partial charge in [0.2, 0.25) is 0 Å². The lowest BCUT2D eigenvalue weighted by atomic mass is 10.2. The van der Waals surface area contributed by atoms with E-state index in [1.54, 1.807) is 12.3 Å². The normalized spacial score (nSPS) is 13.2. The van der Waals surface area contributed by atoms with E-state index in [1.165, 1.54) is 0 Å². The van der Waals surface area contributed by atoms with Gasteiger partial charge >= 0.3 is 0 Å². The zero-order valence-electron chi connectivity index (χ0n) is 9.61. The maximum absolute atomic E-state index is 10.6. The average Bonchev–Trinajstić information content (AvgIpc) is 2.32. The fourth-order valence-corrected chi connectivity index (χ4v) is 0.845. The topological polar surface area (TPSA) is 26.3 Å². The van der Waals surface area contributed by atoms with E-state index in [2.05, 4.69) is 6.92 Å². The van der Waals surface area contributed by atoms with Crippen LogP contribution in [0, 0.1) is 0 Å². The number of unbranched alkanes of at least 4 members (excludes halogenated alkanes) is 1. The van der Waals surface area contributed by atoms with Crippen molar-refractivity contribution in [2.45, 2.75) is 33.1 Å². The molecule has 0 spiro atoms. The van der Waals surface area contributed by atoms with Crippen molar-refractivity contribution >= 4 is 5.78 Å². The largest absolute Gasteiger partial charge is 0.497 e. The SMILES string of the molecule is C1=CCOC=C1.CCC/C=C/C(=O)CC. The lowest BCUT2D eigenvalue weighted by molar-refractivity contribution is -0.114. The van der Waals surface area contributed by atoms with Gasteiger partial charge in [0, 0.05) is 6.42 Å². The second kappa shape index (κ2) is 10.8. The molecule has 15 heavy (non-hydrogen) atoms. The molecule has 84 valence electrons. The van der Waals surface area contributed by atoms with Crippen LogP contribution in [0.15, 0.2) is 36.6 Å². The molecule has 2 heteroatoms. The highest BCUT2D eigenvalue weighted by molar-refractivity contribution is 5.89. The molecule has 0 amide bonds. The van der Waals surface area contributed by atoms with Gasteiger partial charge < -0.3 is 4.74 Å². The summed E-state index contributed by atoms with van der Waals surface area (Å²) in [5.74, 6) is 0.225. The molecule has 0 saturated heterocycles. The van der Waals surface area contributed by atoms with Gasteiger partial charge in [-0.05, 0) is 24.6 Å². The summed E-state index contributed by atoms with van der Waals surface area (Å²) >= 11 is 0. The molecular formula is C13H20O2. The molecule has 1 rings (SSSR count). The first-order valence-corrected chi connectivity index (χ1v) is 5.43. The Balaban J connectivity index is 0.000000280. The van der Waals surface area contributed by atoms with Crippen LogP contribution in [0.1, 0.15) is 33.1 Å². The molecule has 0 saturated carbocycles. The quantitative estimate of drug-likeness (QED) is 0.662. The Morgan fingerprint density at radius 3 is 2.53 bits per heavy atom. The first-order chi connectivity index (χ1) is 7.31. The highest BCUT2D eigenvalue weighted by atomic mass is 16.5. The number of ketones is 1. The smallest absolute Gasteiger partial charge is 0.155 e. The zero-order valence-corrected chi connectivity index (χ0v) is 9.61. The van der Waals surface area contributed by atoms with E-state index in [-0.39, 0.29) is 5.78 Å². The number of ether oxygens (including phenoxy) is 1. The Labute approximate surface area is 92.3 Å². The molecule has 0 bridgehead atoms. The number of carbonyl (C=O) groups excluding carboxylic acids is 1. The predicted molar refractivity (Wildman–Crippen MR) is 63.6 cm³/mol. The Kier molecular flexibility index (Phi) is 9.83. The van der Waals surface area contributed by atoms with E-state index in [9.17, 15) is 4.79 Å². The molecule has 0 aromatic rings. The summed E-state index contributed by atoms with van der Waals surface area (Å²) in [6.45, 7) is 4.70. The van der Waals surface area contributed by atoms with E-state index in [0.717, 1.165) is 19.4 Å². The van der Waals surface area contributed by atoms with Gasteiger partial charge in [-0.15, -0.1) is 0 Å². The van der Waals surface area contributed by atoms with E-state index in [1.807, 2.05) is 31.2 Å². The number of allylic oxidation sites excluding steroid dienone is 4. The molecule has 1 aliphatic heterocycles. The molecule has 2 nitrogen and oxygen atoms in total. The van der Waals surface area contributed by atoms with Crippen molar-refractivity contribution in [3.8, 4) is 0 Å². The number of hydrogen-bond acceptors (Lipinski definition) is 2. The highest BCUT2D eigenvalue weighted by Crippen LogP contribution is 1.90. The minimum atomic E-state index is 0.225. The third-order valence-corrected chi connectivity index (χ3v) is 1.72. The van der Waals surface area contributed by atoms with Crippen LogP contribution in [0.5, 0.6) is 0 Å². The molecule has 0 atom stereocenters. The van der Waals surface area contributed by atoms with Gasteiger partial charge in [-0.2, -0.15) is 0 Å². The van der Waals surface area contributed by atoms with Gasteiger partial charge in [0.15, 0.2) is 5.78 Å². The van der Waals surface area contributed by atoms with Crippen molar-refractivity contribution in [2.24, 2.45) is 0 Å². The van der Waals surface area contributed by atoms with Gasteiger partial charge in [0.05, 0.1) is 6.26 Å². The minimum Gasteiger partial charge on any atom is -0.497 e. The molecule has 0 aromatic heterocycles. The molecular weight excluding hydrogens is 188 g/mol. The molecule has 0 radical (unpaired) electrons. The number of hydrogen-bond donors (Lipinski definition) is 0. The second-order valence-electron chi connectivity index (χ2n) is 3.10. The van der Waals surface area contributed by atoms with Crippen LogP contribution in [0.25, 0.3) is 0 Å². The Morgan fingerprint density at radius 1 is 1.40 bits per heavy atom. The van der Waals surface area contributed by atoms with Crippen LogP contribution < -0.4 is 0 Å². The molecule has 0 aliphatic carbocycles. The summed E-state index contributed by atoms with van der Waals surface area (Å²) in [4.78, 5) is 10.6. The van der Waals surface area contributed by atoms with Crippen LogP contribution in [0.3, 0.4) is 0 Å². The molecule has 0 N–H and O–H groups in total. The van der Waals surface area contributed by atoms with Crippen molar-refractivity contribution in [3.05, 3.63) is 36.6 Å². The summed E-state index contributed by atoms with van der Waals surface area (Å²) in [6.07, 6.45) is 13.8. The Bertz CT molecular complexity index is 225. The fraction of sp³-hybridized carbons (Fsp3) is 0.462. The predicted octanol–water partition coefficient (Wildman–Crippen LogP) is 3.41. The Hall–Kier alpha value is -1.31. The van der Waals surface area contributed by atoms with Gasteiger partial charge in [-0.1, -0.05) is 32.4 Å². The molecule has 1 aliphatic rings. The van der Waals surface area contributed by atoms with E-state index in [0.29, 0.717) is 6.42 Å². The monoisotopic (exact) mass is 208 g/mol. The number of carbonyl (C=O) groups is 1. The summed E-state index contributed by atoms with van der Waals surface area (Å²) in [7, 11) is 0. The van der Waals surface area contributed by atoms with Crippen LogP contribution in [-0.2, 0) is 9.53 Å². The molecule has 0 unspecified atom stereocenters. The highest BCUT2D eigenvalue weighted by Gasteiger charge is 1.86. The summed E-state index contributed by atoms with van der Waals surface area (Å²) < 4.78 is 4.80. The Morgan fingerprint density at radius 2 is 2.20 bits per heavy atom. The second-order valence-corrected chi connectivity index (χ2v) is 3.10. The third kappa shape index (κ3) is 10.6. The summed E-state index contributed by atoms with van der Waals surface area (Å²) in [6, 6.07) is 0. The molecule has 0 aromatic carbocycles. The van der Waals surface area contributed by atoms with Gasteiger partial charge in [0.1, 0.15) is 6.61 Å².